The fourth-order valence-electron chi connectivity index (χ4n) is 3.08. The molecule has 9 nitrogen and oxygen atoms in total. The Hall–Kier alpha value is -4.05. The van der Waals surface area contributed by atoms with Crippen LogP contribution in [0.3, 0.4) is 0 Å². The molecule has 3 aromatic heterocycles. The van der Waals surface area contributed by atoms with Gasteiger partial charge >= 0.3 is 0 Å². The Morgan fingerprint density at radius 1 is 0.969 bits per heavy atom. The van der Waals surface area contributed by atoms with Crippen LogP contribution in [-0.2, 0) is 16.4 Å². The maximum atomic E-state index is 12.4. The molecule has 0 aliphatic heterocycles. The average molecular weight is 449 g/mol. The van der Waals surface area contributed by atoms with E-state index in [1.807, 2.05) is 0 Å². The summed E-state index contributed by atoms with van der Waals surface area (Å²) in [5, 5.41) is 0. The zero-order valence-corrected chi connectivity index (χ0v) is 17.6. The minimum absolute atomic E-state index is 0.00896. The van der Waals surface area contributed by atoms with Crippen LogP contribution in [0.2, 0.25) is 0 Å². The fourth-order valence-corrected chi connectivity index (χ4v) is 4.18. The third kappa shape index (κ3) is 4.98. The number of anilines is 1. The first-order chi connectivity index (χ1) is 15.4. The van der Waals surface area contributed by atoms with Gasteiger partial charge in [-0.05, 0) is 53.9 Å². The normalized spacial score (nSPS) is 11.2. The van der Waals surface area contributed by atoms with E-state index in [-0.39, 0.29) is 11.3 Å². The zero-order valence-electron chi connectivity index (χ0n) is 16.8. The number of hydrogen-bond donors (Lipinski definition) is 2. The number of aryl methyl sites for hydroxylation is 1. The minimum atomic E-state index is -3.53. The predicted molar refractivity (Wildman–Crippen MR) is 120 cm³/mol. The van der Waals surface area contributed by atoms with E-state index >= 15 is 0 Å². The van der Waals surface area contributed by atoms with E-state index in [1.165, 1.54) is 29.4 Å². The summed E-state index contributed by atoms with van der Waals surface area (Å²) in [6, 6.07) is 13.2. The van der Waals surface area contributed by atoms with Gasteiger partial charge in [0, 0.05) is 36.2 Å². The number of aromatic amines is 1. The number of pyridine rings is 2. The van der Waals surface area contributed by atoms with Crippen molar-refractivity contribution in [3.8, 4) is 11.3 Å². The van der Waals surface area contributed by atoms with Crippen molar-refractivity contribution in [3.05, 3.63) is 101 Å². The molecule has 4 aromatic rings. The lowest BCUT2D eigenvalue weighted by Crippen LogP contribution is -2.22. The second kappa shape index (κ2) is 8.98. The Labute approximate surface area is 183 Å². The number of imidazole rings is 1. The topological polar surface area (TPSA) is 127 Å². The average Bonchev–Trinajstić information content (AvgIpc) is 3.33. The summed E-state index contributed by atoms with van der Waals surface area (Å²) in [6.45, 7) is 0. The van der Waals surface area contributed by atoms with E-state index in [0.29, 0.717) is 23.4 Å². The van der Waals surface area contributed by atoms with E-state index in [2.05, 4.69) is 19.7 Å². The summed E-state index contributed by atoms with van der Waals surface area (Å²) in [6.07, 6.45) is 7.87. The van der Waals surface area contributed by atoms with Crippen molar-refractivity contribution in [2.45, 2.75) is 6.42 Å². The van der Waals surface area contributed by atoms with Gasteiger partial charge in [0.25, 0.3) is 11.5 Å². The fraction of sp³-hybridized carbons (Fsp3) is 0.0909. The van der Waals surface area contributed by atoms with Crippen molar-refractivity contribution in [1.29, 1.82) is 0 Å². The Morgan fingerprint density at radius 2 is 1.72 bits per heavy atom. The van der Waals surface area contributed by atoms with Crippen molar-refractivity contribution >= 4 is 21.6 Å². The number of carbonyl (C=O) groups is 1. The predicted octanol–water partition coefficient (Wildman–Crippen LogP) is 2.31. The molecule has 4 rings (SSSR count). The van der Waals surface area contributed by atoms with Gasteiger partial charge in [0.05, 0.1) is 5.75 Å². The van der Waals surface area contributed by atoms with Gasteiger partial charge in [-0.3, -0.25) is 23.9 Å². The maximum absolute atomic E-state index is 12.4. The maximum Gasteiger partial charge on any atom is 0.268 e. The molecule has 0 amide bonds. The summed E-state index contributed by atoms with van der Waals surface area (Å²) in [7, 11) is -3.53. The molecule has 0 fully saturated rings. The summed E-state index contributed by atoms with van der Waals surface area (Å²) < 4.78 is 28.5. The first kappa shape index (κ1) is 21.2. The van der Waals surface area contributed by atoms with Crippen molar-refractivity contribution in [1.82, 2.24) is 19.5 Å². The molecule has 0 aliphatic carbocycles. The number of hydrogen-bond acceptors (Lipinski definition) is 6. The highest BCUT2D eigenvalue weighted by Crippen LogP contribution is 2.20. The van der Waals surface area contributed by atoms with Gasteiger partial charge < -0.3 is 4.98 Å². The number of carbonyl (C=O) groups excluding carboxylic acids is 1. The number of rotatable bonds is 7. The zero-order chi connectivity index (χ0) is 22.6. The standard InChI is InChI=1S/C22H19N5O4S/c28-21-19(22(29)27-13-12-24-15-27)5-6-20(25-21)17-1-3-18(4-2-17)26-32(30,31)14-9-16-7-10-23-11-8-16/h1-8,10-13,15,26H,9,14H2,(H,25,28). The second-order valence-corrected chi connectivity index (χ2v) is 8.84. The lowest BCUT2D eigenvalue weighted by molar-refractivity contribution is 0.0958. The van der Waals surface area contributed by atoms with Crippen LogP contribution in [0.15, 0.2) is 84.4 Å². The van der Waals surface area contributed by atoms with Gasteiger partial charge in [-0.1, -0.05) is 12.1 Å². The SMILES string of the molecule is O=C(c1ccc(-c2ccc(NS(=O)(=O)CCc3ccncc3)cc2)[nH]c1=O)n1ccnc1. The van der Waals surface area contributed by atoms with Gasteiger partial charge in [-0.15, -0.1) is 0 Å². The molecule has 0 spiro atoms. The molecular weight excluding hydrogens is 430 g/mol. The minimum Gasteiger partial charge on any atom is -0.321 e. The van der Waals surface area contributed by atoms with E-state index in [0.717, 1.165) is 5.56 Å². The number of nitrogens with one attached hydrogen (secondary N) is 2. The molecule has 3 heterocycles. The number of nitrogens with zero attached hydrogens (tertiary/aromatic N) is 3. The van der Waals surface area contributed by atoms with Crippen LogP contribution in [0.5, 0.6) is 0 Å². The highest BCUT2D eigenvalue weighted by Gasteiger charge is 2.14. The van der Waals surface area contributed by atoms with Crippen LogP contribution in [0.4, 0.5) is 5.69 Å². The van der Waals surface area contributed by atoms with Gasteiger partial charge in [-0.2, -0.15) is 0 Å². The smallest absolute Gasteiger partial charge is 0.268 e. The van der Waals surface area contributed by atoms with Crippen molar-refractivity contribution < 1.29 is 13.2 Å². The number of aromatic nitrogens is 4. The molecule has 2 N–H and O–H groups in total. The van der Waals surface area contributed by atoms with Crippen LogP contribution in [0, 0.1) is 0 Å². The molecule has 0 bridgehead atoms. The quantitative estimate of drug-likeness (QED) is 0.446. The molecule has 32 heavy (non-hydrogen) atoms. The van der Waals surface area contributed by atoms with Crippen LogP contribution in [-0.4, -0.2) is 39.6 Å². The molecular formula is C22H19N5O4S. The first-order valence-electron chi connectivity index (χ1n) is 9.67. The Morgan fingerprint density at radius 3 is 2.38 bits per heavy atom. The number of sulfonamides is 1. The molecule has 0 aliphatic rings. The Bertz CT molecular complexity index is 1380. The summed E-state index contributed by atoms with van der Waals surface area (Å²) in [5.74, 6) is -0.537. The van der Waals surface area contributed by atoms with E-state index in [1.54, 1.807) is 54.9 Å². The van der Waals surface area contributed by atoms with Gasteiger partial charge in [-0.25, -0.2) is 13.4 Å². The van der Waals surface area contributed by atoms with Crippen LogP contribution >= 0.6 is 0 Å². The van der Waals surface area contributed by atoms with E-state index < -0.39 is 21.5 Å². The summed E-state index contributed by atoms with van der Waals surface area (Å²) >= 11 is 0. The monoisotopic (exact) mass is 449 g/mol. The molecule has 0 atom stereocenters. The van der Waals surface area contributed by atoms with Crippen molar-refractivity contribution in [2.75, 3.05) is 10.5 Å². The molecule has 0 saturated carbocycles. The van der Waals surface area contributed by atoms with Crippen LogP contribution in [0.1, 0.15) is 15.9 Å². The highest BCUT2D eigenvalue weighted by atomic mass is 32.2. The van der Waals surface area contributed by atoms with Gasteiger partial charge in [0.1, 0.15) is 11.9 Å². The van der Waals surface area contributed by atoms with Crippen LogP contribution < -0.4 is 10.3 Å². The number of benzene rings is 1. The summed E-state index contributed by atoms with van der Waals surface area (Å²) in [5.41, 5.74) is 1.94. The second-order valence-electron chi connectivity index (χ2n) is 6.99. The molecule has 0 saturated heterocycles. The molecule has 0 radical (unpaired) electrons. The Balaban J connectivity index is 1.45. The third-order valence-corrected chi connectivity index (χ3v) is 6.05. The lowest BCUT2D eigenvalue weighted by atomic mass is 10.1. The molecule has 0 unspecified atom stereocenters. The van der Waals surface area contributed by atoms with Crippen LogP contribution in [0.25, 0.3) is 11.3 Å². The molecule has 1 aromatic carbocycles. The molecule has 162 valence electrons. The Kier molecular flexibility index (Phi) is 5.95. The van der Waals surface area contributed by atoms with E-state index in [4.69, 9.17) is 0 Å². The largest absolute Gasteiger partial charge is 0.321 e. The van der Waals surface area contributed by atoms with Gasteiger partial charge in [0.15, 0.2) is 0 Å². The van der Waals surface area contributed by atoms with Crippen molar-refractivity contribution in [3.63, 3.8) is 0 Å². The lowest BCUT2D eigenvalue weighted by Gasteiger charge is -2.09. The highest BCUT2D eigenvalue weighted by molar-refractivity contribution is 7.92. The van der Waals surface area contributed by atoms with Crippen molar-refractivity contribution in [2.24, 2.45) is 0 Å². The molecule has 10 heteroatoms. The third-order valence-electron chi connectivity index (χ3n) is 4.76. The van der Waals surface area contributed by atoms with E-state index in [9.17, 15) is 18.0 Å². The first-order valence-corrected chi connectivity index (χ1v) is 11.3. The summed E-state index contributed by atoms with van der Waals surface area (Å²) in [4.78, 5) is 35.1. The number of H-pyrrole nitrogens is 1. The van der Waals surface area contributed by atoms with Gasteiger partial charge in [0.2, 0.25) is 10.0 Å².